The second-order valence-electron chi connectivity index (χ2n) is 6.06. The maximum absolute atomic E-state index is 5.58. The second-order valence-corrected chi connectivity index (χ2v) is 6.06. The van der Waals surface area contributed by atoms with Gasteiger partial charge in [0.05, 0.1) is 17.8 Å². The van der Waals surface area contributed by atoms with Crippen molar-refractivity contribution in [2.45, 2.75) is 13.5 Å². The van der Waals surface area contributed by atoms with Crippen molar-refractivity contribution >= 4 is 28.9 Å². The number of hydrogen-bond acceptors (Lipinski definition) is 4. The molecular weight excluding hydrogens is 322 g/mol. The Morgan fingerprint density at radius 2 is 1.92 bits per heavy atom. The molecule has 128 valence electrons. The molecule has 0 amide bonds. The lowest BCUT2D eigenvalue weighted by atomic mass is 10.1. The van der Waals surface area contributed by atoms with Crippen molar-refractivity contribution in [2.24, 2.45) is 0 Å². The van der Waals surface area contributed by atoms with Gasteiger partial charge in [0.25, 0.3) is 0 Å². The van der Waals surface area contributed by atoms with Crippen molar-refractivity contribution in [2.75, 3.05) is 5.32 Å². The van der Waals surface area contributed by atoms with Gasteiger partial charge in [-0.3, -0.25) is 4.98 Å². The zero-order chi connectivity index (χ0) is 17.8. The van der Waals surface area contributed by atoms with Crippen LogP contribution in [-0.4, -0.2) is 9.97 Å². The second kappa shape index (κ2) is 7.23. The minimum atomic E-state index is 0.617. The Morgan fingerprint density at radius 3 is 2.73 bits per heavy atom. The summed E-state index contributed by atoms with van der Waals surface area (Å²) in [7, 11) is 0. The Morgan fingerprint density at radius 1 is 0.962 bits per heavy atom. The fraction of sp³-hybridized carbons (Fsp3) is 0.0909. The molecule has 0 aliphatic carbocycles. The number of pyridine rings is 2. The number of aromatic nitrogens is 2. The van der Waals surface area contributed by atoms with Crippen molar-refractivity contribution in [3.63, 3.8) is 0 Å². The van der Waals surface area contributed by atoms with Crippen LogP contribution in [0.25, 0.3) is 23.1 Å². The zero-order valence-electron chi connectivity index (χ0n) is 14.5. The summed E-state index contributed by atoms with van der Waals surface area (Å²) >= 11 is 0. The largest absolute Gasteiger partial charge is 0.465 e. The molecule has 0 spiro atoms. The van der Waals surface area contributed by atoms with Crippen molar-refractivity contribution in [1.29, 1.82) is 0 Å². The van der Waals surface area contributed by atoms with E-state index in [-0.39, 0.29) is 0 Å². The van der Waals surface area contributed by atoms with E-state index in [1.807, 2.05) is 61.5 Å². The molecule has 1 aromatic carbocycles. The summed E-state index contributed by atoms with van der Waals surface area (Å²) in [5.74, 6) is 2.64. The van der Waals surface area contributed by atoms with Gasteiger partial charge in [0.2, 0.25) is 0 Å². The van der Waals surface area contributed by atoms with E-state index >= 15 is 0 Å². The Bertz CT molecular complexity index is 1050. The first kappa shape index (κ1) is 16.1. The standard InChI is InChI=1S/C22H19N3O/c1-16-8-11-19(26-16)15-24-22-13-12-20-17(5-4-7-21(20)25-22)9-10-18-6-2-3-14-23-18/h2-14H,15H2,1H3,(H,24,25). The number of hydrogen-bond donors (Lipinski definition) is 1. The van der Waals surface area contributed by atoms with Crippen LogP contribution in [-0.2, 0) is 6.54 Å². The molecule has 0 unspecified atom stereocenters. The van der Waals surface area contributed by atoms with Gasteiger partial charge in [-0.25, -0.2) is 4.98 Å². The lowest BCUT2D eigenvalue weighted by Crippen LogP contribution is -2.00. The van der Waals surface area contributed by atoms with E-state index in [0.29, 0.717) is 6.54 Å². The smallest absolute Gasteiger partial charge is 0.127 e. The maximum Gasteiger partial charge on any atom is 0.127 e. The first-order chi connectivity index (χ1) is 12.8. The molecule has 0 saturated carbocycles. The van der Waals surface area contributed by atoms with Crippen LogP contribution in [0, 0.1) is 6.92 Å². The number of nitrogens with one attached hydrogen (secondary N) is 1. The highest BCUT2D eigenvalue weighted by molar-refractivity contribution is 5.91. The lowest BCUT2D eigenvalue weighted by molar-refractivity contribution is 0.490. The Hall–Kier alpha value is -3.40. The highest BCUT2D eigenvalue weighted by Gasteiger charge is 2.03. The third-order valence-corrected chi connectivity index (χ3v) is 4.13. The molecular formula is C22H19N3O. The van der Waals surface area contributed by atoms with Crippen LogP contribution < -0.4 is 5.32 Å². The van der Waals surface area contributed by atoms with E-state index in [0.717, 1.165) is 39.5 Å². The molecule has 4 rings (SSSR count). The molecule has 3 aromatic heterocycles. The summed E-state index contributed by atoms with van der Waals surface area (Å²) < 4.78 is 5.58. The van der Waals surface area contributed by atoms with Crippen molar-refractivity contribution < 1.29 is 4.42 Å². The van der Waals surface area contributed by atoms with Crippen LogP contribution in [0.15, 0.2) is 71.3 Å². The molecule has 0 bridgehead atoms. The van der Waals surface area contributed by atoms with Crippen molar-refractivity contribution in [3.05, 3.63) is 89.6 Å². The quantitative estimate of drug-likeness (QED) is 0.534. The SMILES string of the molecule is Cc1ccc(CNc2ccc3c(C=Cc4ccccn4)cccc3n2)o1. The molecule has 4 nitrogen and oxygen atoms in total. The van der Waals surface area contributed by atoms with E-state index in [4.69, 9.17) is 9.40 Å². The van der Waals surface area contributed by atoms with Crippen molar-refractivity contribution in [1.82, 2.24) is 9.97 Å². The van der Waals surface area contributed by atoms with Crippen LogP contribution in [0.2, 0.25) is 0 Å². The summed E-state index contributed by atoms with van der Waals surface area (Å²) in [6.07, 6.45) is 5.88. The summed E-state index contributed by atoms with van der Waals surface area (Å²) in [5.41, 5.74) is 3.01. The number of anilines is 1. The zero-order valence-corrected chi connectivity index (χ0v) is 14.5. The molecule has 26 heavy (non-hydrogen) atoms. The number of rotatable bonds is 5. The Balaban J connectivity index is 1.56. The summed E-state index contributed by atoms with van der Waals surface area (Å²) in [5, 5.41) is 4.42. The minimum absolute atomic E-state index is 0.617. The van der Waals surface area contributed by atoms with E-state index in [1.165, 1.54) is 0 Å². The lowest BCUT2D eigenvalue weighted by Gasteiger charge is -2.07. The molecule has 0 radical (unpaired) electrons. The average molecular weight is 341 g/mol. The van der Waals surface area contributed by atoms with E-state index in [1.54, 1.807) is 6.20 Å². The highest BCUT2D eigenvalue weighted by Crippen LogP contribution is 2.22. The van der Waals surface area contributed by atoms with Gasteiger partial charge >= 0.3 is 0 Å². The first-order valence-corrected chi connectivity index (χ1v) is 8.56. The van der Waals surface area contributed by atoms with E-state index in [9.17, 15) is 0 Å². The Kier molecular flexibility index (Phi) is 4.48. The summed E-state index contributed by atoms with van der Waals surface area (Å²) in [6.45, 7) is 2.56. The molecule has 0 saturated heterocycles. The molecule has 3 heterocycles. The van der Waals surface area contributed by atoms with Gasteiger partial charge in [-0.15, -0.1) is 0 Å². The monoisotopic (exact) mass is 341 g/mol. The number of nitrogens with zero attached hydrogens (tertiary/aromatic N) is 2. The summed E-state index contributed by atoms with van der Waals surface area (Å²) in [4.78, 5) is 9.03. The van der Waals surface area contributed by atoms with Gasteiger partial charge in [0.15, 0.2) is 0 Å². The number of benzene rings is 1. The molecule has 0 fully saturated rings. The molecule has 0 aliphatic rings. The fourth-order valence-electron chi connectivity index (χ4n) is 2.83. The van der Waals surface area contributed by atoms with Crippen molar-refractivity contribution in [3.8, 4) is 0 Å². The van der Waals surface area contributed by atoms with E-state index in [2.05, 4.69) is 28.5 Å². The minimum Gasteiger partial charge on any atom is -0.465 e. The molecule has 4 heteroatoms. The Labute approximate surface area is 152 Å². The predicted molar refractivity (Wildman–Crippen MR) is 106 cm³/mol. The van der Waals surface area contributed by atoms with Gasteiger partial charge in [-0.2, -0.15) is 0 Å². The van der Waals surface area contributed by atoms with Crippen LogP contribution in [0.4, 0.5) is 5.82 Å². The predicted octanol–water partition coefficient (Wildman–Crippen LogP) is 5.31. The third-order valence-electron chi connectivity index (χ3n) is 4.13. The third kappa shape index (κ3) is 3.64. The summed E-state index contributed by atoms with van der Waals surface area (Å²) in [6, 6.07) is 20.0. The molecule has 0 aliphatic heterocycles. The highest BCUT2D eigenvalue weighted by atomic mass is 16.3. The van der Waals surface area contributed by atoms with Gasteiger partial charge < -0.3 is 9.73 Å². The normalized spacial score (nSPS) is 11.3. The number of aryl methyl sites for hydroxylation is 1. The first-order valence-electron chi connectivity index (χ1n) is 8.56. The molecule has 4 aromatic rings. The van der Waals surface area contributed by atoms with Gasteiger partial charge in [0, 0.05) is 11.6 Å². The van der Waals surface area contributed by atoms with Crippen LogP contribution >= 0.6 is 0 Å². The molecule has 0 atom stereocenters. The maximum atomic E-state index is 5.58. The average Bonchev–Trinajstić information content (AvgIpc) is 3.10. The topological polar surface area (TPSA) is 51.0 Å². The van der Waals surface area contributed by atoms with Gasteiger partial charge in [-0.05, 0) is 61.0 Å². The van der Waals surface area contributed by atoms with Crippen LogP contribution in [0.5, 0.6) is 0 Å². The van der Waals surface area contributed by atoms with Crippen LogP contribution in [0.3, 0.4) is 0 Å². The fourth-order valence-corrected chi connectivity index (χ4v) is 2.83. The van der Waals surface area contributed by atoms with E-state index < -0.39 is 0 Å². The van der Waals surface area contributed by atoms with Crippen LogP contribution in [0.1, 0.15) is 22.8 Å². The number of fused-ring (bicyclic) bond motifs is 1. The molecule has 1 N–H and O–H groups in total. The number of furan rings is 1. The van der Waals surface area contributed by atoms with Gasteiger partial charge in [0.1, 0.15) is 17.3 Å². The van der Waals surface area contributed by atoms with Gasteiger partial charge in [-0.1, -0.05) is 24.3 Å².